The highest BCUT2D eigenvalue weighted by molar-refractivity contribution is 5.91. The van der Waals surface area contributed by atoms with E-state index in [1.165, 1.54) is 4.57 Å². The number of aromatic nitrogens is 2. The predicted molar refractivity (Wildman–Crippen MR) is 127 cm³/mol. The fourth-order valence-electron chi connectivity index (χ4n) is 3.60. The molecule has 0 unspecified atom stereocenters. The second kappa shape index (κ2) is 9.35. The Kier molecular flexibility index (Phi) is 6.17. The van der Waals surface area contributed by atoms with E-state index < -0.39 is 11.2 Å². The van der Waals surface area contributed by atoms with E-state index in [-0.39, 0.29) is 24.8 Å². The maximum atomic E-state index is 13.4. The fourth-order valence-corrected chi connectivity index (χ4v) is 3.60. The SMILES string of the molecule is CNC(=O)Cc1ccc(-n2c(=O)c3ccccc3n(CC(=O)Nc3ccccc3)c2=O)cc1. The van der Waals surface area contributed by atoms with Crippen molar-refractivity contribution >= 4 is 28.4 Å². The lowest BCUT2D eigenvalue weighted by Crippen LogP contribution is -2.40. The highest BCUT2D eigenvalue weighted by Crippen LogP contribution is 2.12. The number of nitrogens with one attached hydrogen (secondary N) is 2. The molecule has 0 aliphatic carbocycles. The van der Waals surface area contributed by atoms with Gasteiger partial charge < -0.3 is 10.6 Å². The zero-order valence-electron chi connectivity index (χ0n) is 17.9. The Hall–Kier alpha value is -4.46. The van der Waals surface area contributed by atoms with E-state index in [1.54, 1.807) is 79.8 Å². The van der Waals surface area contributed by atoms with Crippen LogP contribution < -0.4 is 21.9 Å². The topological polar surface area (TPSA) is 102 Å². The van der Waals surface area contributed by atoms with Crippen molar-refractivity contribution in [1.29, 1.82) is 0 Å². The quantitative estimate of drug-likeness (QED) is 0.477. The Morgan fingerprint density at radius 3 is 2.18 bits per heavy atom. The third-order valence-corrected chi connectivity index (χ3v) is 5.25. The molecule has 8 nitrogen and oxygen atoms in total. The first kappa shape index (κ1) is 21.8. The molecule has 33 heavy (non-hydrogen) atoms. The van der Waals surface area contributed by atoms with Crippen LogP contribution in [0.25, 0.3) is 16.6 Å². The molecular weight excluding hydrogens is 420 g/mol. The molecule has 166 valence electrons. The van der Waals surface area contributed by atoms with Crippen molar-refractivity contribution in [2.75, 3.05) is 12.4 Å². The Bertz CT molecular complexity index is 1440. The van der Waals surface area contributed by atoms with Crippen molar-refractivity contribution in [3.8, 4) is 5.69 Å². The fraction of sp³-hybridized carbons (Fsp3) is 0.120. The number of carbonyl (C=O) groups excluding carboxylic acids is 2. The lowest BCUT2D eigenvalue weighted by Gasteiger charge is -2.14. The minimum atomic E-state index is -0.624. The number of likely N-dealkylation sites (N-methyl/N-ethyl adjacent to an activating group) is 1. The summed E-state index contributed by atoms with van der Waals surface area (Å²) in [6.07, 6.45) is 0.188. The van der Waals surface area contributed by atoms with Crippen LogP contribution >= 0.6 is 0 Å². The first-order chi connectivity index (χ1) is 16.0. The average molecular weight is 442 g/mol. The first-order valence-corrected chi connectivity index (χ1v) is 10.4. The van der Waals surface area contributed by atoms with Gasteiger partial charge in [0.2, 0.25) is 11.8 Å². The van der Waals surface area contributed by atoms with Gasteiger partial charge in [-0.15, -0.1) is 0 Å². The summed E-state index contributed by atoms with van der Waals surface area (Å²) in [4.78, 5) is 50.9. The molecule has 0 aliphatic heterocycles. The monoisotopic (exact) mass is 442 g/mol. The first-order valence-electron chi connectivity index (χ1n) is 10.4. The van der Waals surface area contributed by atoms with Crippen molar-refractivity contribution < 1.29 is 9.59 Å². The van der Waals surface area contributed by atoms with Crippen LogP contribution in [0.4, 0.5) is 5.69 Å². The van der Waals surface area contributed by atoms with Gasteiger partial charge in [-0.05, 0) is 42.0 Å². The molecule has 0 aliphatic rings. The molecule has 1 heterocycles. The minimum Gasteiger partial charge on any atom is -0.359 e. The van der Waals surface area contributed by atoms with E-state index >= 15 is 0 Å². The summed E-state index contributed by atoms with van der Waals surface area (Å²) < 4.78 is 2.33. The molecule has 4 rings (SSSR count). The van der Waals surface area contributed by atoms with Crippen molar-refractivity contribution in [2.45, 2.75) is 13.0 Å². The van der Waals surface area contributed by atoms with Crippen LogP contribution in [0.3, 0.4) is 0 Å². The summed E-state index contributed by atoms with van der Waals surface area (Å²) >= 11 is 0. The number of carbonyl (C=O) groups is 2. The number of anilines is 1. The zero-order valence-corrected chi connectivity index (χ0v) is 17.9. The van der Waals surface area contributed by atoms with Gasteiger partial charge in [-0.1, -0.05) is 42.5 Å². The Morgan fingerprint density at radius 2 is 1.48 bits per heavy atom. The molecular formula is C25H22N4O4. The standard InChI is InChI=1S/C25H22N4O4/c1-26-22(30)15-17-11-13-19(14-12-17)29-24(32)20-9-5-6-10-21(20)28(25(29)33)16-23(31)27-18-7-3-2-4-8-18/h2-14H,15-16H2,1H3,(H,26,30)(H,27,31). The molecule has 2 N–H and O–H groups in total. The van der Waals surface area contributed by atoms with E-state index in [2.05, 4.69) is 10.6 Å². The van der Waals surface area contributed by atoms with Crippen molar-refractivity contribution in [3.63, 3.8) is 0 Å². The Labute approximate surface area is 189 Å². The molecule has 4 aromatic rings. The number of fused-ring (bicyclic) bond motifs is 1. The van der Waals surface area contributed by atoms with Crippen LogP contribution in [0.1, 0.15) is 5.56 Å². The van der Waals surface area contributed by atoms with Gasteiger partial charge in [-0.2, -0.15) is 0 Å². The van der Waals surface area contributed by atoms with Crippen LogP contribution in [0, 0.1) is 0 Å². The van der Waals surface area contributed by atoms with Gasteiger partial charge in [-0.3, -0.25) is 19.0 Å². The second-order valence-corrected chi connectivity index (χ2v) is 7.46. The number of hydrogen-bond acceptors (Lipinski definition) is 4. The van der Waals surface area contributed by atoms with Gasteiger partial charge in [0.15, 0.2) is 0 Å². The summed E-state index contributed by atoms with van der Waals surface area (Å²) in [5.41, 5.74) is 0.988. The van der Waals surface area contributed by atoms with E-state index in [4.69, 9.17) is 0 Å². The lowest BCUT2D eigenvalue weighted by molar-refractivity contribution is -0.120. The number of nitrogens with zero attached hydrogens (tertiary/aromatic N) is 2. The Morgan fingerprint density at radius 1 is 0.818 bits per heavy atom. The third-order valence-electron chi connectivity index (χ3n) is 5.25. The van der Waals surface area contributed by atoms with E-state index in [0.29, 0.717) is 22.3 Å². The van der Waals surface area contributed by atoms with Gasteiger partial charge in [-0.25, -0.2) is 9.36 Å². The summed E-state index contributed by atoms with van der Waals surface area (Å²) in [6, 6.07) is 22.2. The molecule has 8 heteroatoms. The maximum absolute atomic E-state index is 13.4. The molecule has 3 aromatic carbocycles. The van der Waals surface area contributed by atoms with Crippen LogP contribution in [-0.4, -0.2) is 28.0 Å². The molecule has 0 radical (unpaired) electrons. The number of para-hydroxylation sites is 2. The number of hydrogen-bond donors (Lipinski definition) is 2. The molecule has 0 saturated heterocycles. The maximum Gasteiger partial charge on any atom is 0.336 e. The van der Waals surface area contributed by atoms with Crippen molar-refractivity contribution in [2.24, 2.45) is 0 Å². The van der Waals surface area contributed by atoms with Crippen LogP contribution in [-0.2, 0) is 22.6 Å². The molecule has 0 spiro atoms. The second-order valence-electron chi connectivity index (χ2n) is 7.46. The average Bonchev–Trinajstić information content (AvgIpc) is 2.83. The van der Waals surface area contributed by atoms with Gasteiger partial charge >= 0.3 is 5.69 Å². The highest BCUT2D eigenvalue weighted by atomic mass is 16.2. The summed E-state index contributed by atoms with van der Waals surface area (Å²) in [5, 5.41) is 5.64. The van der Waals surface area contributed by atoms with Gasteiger partial charge in [0.05, 0.1) is 23.0 Å². The molecule has 0 bridgehead atoms. The van der Waals surface area contributed by atoms with E-state index in [9.17, 15) is 19.2 Å². The number of benzene rings is 3. The highest BCUT2D eigenvalue weighted by Gasteiger charge is 2.16. The molecule has 1 aromatic heterocycles. The van der Waals surface area contributed by atoms with Crippen molar-refractivity contribution in [1.82, 2.24) is 14.5 Å². The largest absolute Gasteiger partial charge is 0.359 e. The predicted octanol–water partition coefficient (Wildman–Crippen LogP) is 2.08. The van der Waals surface area contributed by atoms with Crippen LogP contribution in [0.15, 0.2) is 88.5 Å². The lowest BCUT2D eigenvalue weighted by atomic mass is 10.1. The van der Waals surface area contributed by atoms with Gasteiger partial charge in [0.25, 0.3) is 5.56 Å². The summed E-state index contributed by atoms with van der Waals surface area (Å²) in [6.45, 7) is -0.261. The third kappa shape index (κ3) is 4.59. The van der Waals surface area contributed by atoms with Crippen LogP contribution in [0.5, 0.6) is 0 Å². The molecule has 0 fully saturated rings. The van der Waals surface area contributed by atoms with Crippen molar-refractivity contribution in [3.05, 3.63) is 105 Å². The zero-order chi connectivity index (χ0) is 23.4. The van der Waals surface area contributed by atoms with E-state index in [0.717, 1.165) is 10.1 Å². The minimum absolute atomic E-state index is 0.141. The van der Waals surface area contributed by atoms with Crippen LogP contribution in [0.2, 0.25) is 0 Å². The number of rotatable bonds is 6. The normalized spacial score (nSPS) is 10.7. The summed E-state index contributed by atoms with van der Waals surface area (Å²) in [5.74, 6) is -0.531. The molecule has 2 amide bonds. The summed E-state index contributed by atoms with van der Waals surface area (Å²) in [7, 11) is 1.56. The van der Waals surface area contributed by atoms with E-state index in [1.807, 2.05) is 6.07 Å². The smallest absolute Gasteiger partial charge is 0.336 e. The van der Waals surface area contributed by atoms with Gasteiger partial charge in [0.1, 0.15) is 6.54 Å². The molecule has 0 saturated carbocycles. The van der Waals surface area contributed by atoms with Gasteiger partial charge in [0, 0.05) is 12.7 Å². The Balaban J connectivity index is 1.77. The molecule has 0 atom stereocenters. The number of amides is 2.